The Hall–Kier alpha value is -0.120. The molecular formula is C13H24N2O. The van der Waals surface area contributed by atoms with Crippen LogP contribution in [0.3, 0.4) is 0 Å². The van der Waals surface area contributed by atoms with Crippen molar-refractivity contribution in [2.75, 3.05) is 26.2 Å². The summed E-state index contributed by atoms with van der Waals surface area (Å²) in [5.41, 5.74) is 0. The number of aliphatic hydroxyl groups is 1. The van der Waals surface area contributed by atoms with Gasteiger partial charge in [-0.2, -0.15) is 0 Å². The van der Waals surface area contributed by atoms with Gasteiger partial charge in [-0.15, -0.1) is 0 Å². The van der Waals surface area contributed by atoms with Gasteiger partial charge >= 0.3 is 0 Å². The van der Waals surface area contributed by atoms with E-state index in [0.717, 1.165) is 18.3 Å². The van der Waals surface area contributed by atoms with Gasteiger partial charge in [-0.1, -0.05) is 19.3 Å². The molecule has 0 aromatic heterocycles. The molecule has 1 aliphatic carbocycles. The monoisotopic (exact) mass is 224 g/mol. The summed E-state index contributed by atoms with van der Waals surface area (Å²) in [5.74, 6) is 1.71. The van der Waals surface area contributed by atoms with E-state index in [9.17, 15) is 5.11 Å². The van der Waals surface area contributed by atoms with Crippen molar-refractivity contribution >= 4 is 0 Å². The number of likely N-dealkylation sites (tertiary alicyclic amines) is 1. The van der Waals surface area contributed by atoms with E-state index >= 15 is 0 Å². The summed E-state index contributed by atoms with van der Waals surface area (Å²) in [5, 5.41) is 13.7. The lowest BCUT2D eigenvalue weighted by Gasteiger charge is -2.31. The molecule has 3 rings (SSSR count). The van der Waals surface area contributed by atoms with Crippen LogP contribution >= 0.6 is 0 Å². The van der Waals surface area contributed by atoms with Crippen LogP contribution in [0.1, 0.15) is 32.1 Å². The zero-order valence-corrected chi connectivity index (χ0v) is 10.1. The molecule has 0 aromatic rings. The molecule has 2 saturated heterocycles. The highest BCUT2D eigenvalue weighted by atomic mass is 16.3. The molecular weight excluding hydrogens is 200 g/mol. The Balaban J connectivity index is 1.63. The molecule has 92 valence electrons. The van der Waals surface area contributed by atoms with Crippen LogP contribution in [0, 0.1) is 11.8 Å². The predicted octanol–water partition coefficient (Wildman–Crippen LogP) is 0.831. The van der Waals surface area contributed by atoms with E-state index in [1.165, 1.54) is 51.9 Å². The van der Waals surface area contributed by atoms with Gasteiger partial charge in [-0.3, -0.25) is 4.90 Å². The lowest BCUT2D eigenvalue weighted by atomic mass is 10.0. The molecule has 0 bridgehead atoms. The average molecular weight is 224 g/mol. The van der Waals surface area contributed by atoms with Crippen molar-refractivity contribution in [1.82, 2.24) is 10.2 Å². The van der Waals surface area contributed by atoms with Crippen LogP contribution in [0.4, 0.5) is 0 Å². The molecule has 4 unspecified atom stereocenters. The highest BCUT2D eigenvalue weighted by molar-refractivity contribution is 4.95. The first-order valence-corrected chi connectivity index (χ1v) is 6.97. The van der Waals surface area contributed by atoms with Gasteiger partial charge < -0.3 is 10.4 Å². The maximum atomic E-state index is 10.2. The fourth-order valence-corrected chi connectivity index (χ4v) is 3.86. The third-order valence-corrected chi connectivity index (χ3v) is 4.83. The van der Waals surface area contributed by atoms with Crippen molar-refractivity contribution in [3.63, 3.8) is 0 Å². The number of hydrogen-bond donors (Lipinski definition) is 2. The van der Waals surface area contributed by atoms with Crippen LogP contribution in [-0.4, -0.2) is 48.3 Å². The molecule has 2 aliphatic heterocycles. The van der Waals surface area contributed by atoms with E-state index in [2.05, 4.69) is 10.2 Å². The molecule has 0 radical (unpaired) electrons. The zero-order valence-electron chi connectivity index (χ0n) is 10.1. The third-order valence-electron chi connectivity index (χ3n) is 4.83. The Bertz CT molecular complexity index is 234. The van der Waals surface area contributed by atoms with E-state index in [4.69, 9.17) is 0 Å². The molecule has 4 atom stereocenters. The Morgan fingerprint density at radius 2 is 1.62 bits per heavy atom. The summed E-state index contributed by atoms with van der Waals surface area (Å²) in [7, 11) is 0. The molecule has 0 aromatic carbocycles. The van der Waals surface area contributed by atoms with Crippen LogP contribution in [0.5, 0.6) is 0 Å². The quantitative estimate of drug-likeness (QED) is 0.648. The smallest absolute Gasteiger partial charge is 0.0695 e. The average Bonchev–Trinajstić information content (AvgIpc) is 2.77. The first-order chi connectivity index (χ1) is 7.84. The molecule has 3 fully saturated rings. The summed E-state index contributed by atoms with van der Waals surface area (Å²) in [6.45, 7) is 4.84. The first kappa shape index (κ1) is 11.0. The summed E-state index contributed by atoms with van der Waals surface area (Å²) >= 11 is 0. The molecule has 1 saturated carbocycles. The van der Waals surface area contributed by atoms with Crippen LogP contribution in [-0.2, 0) is 0 Å². The summed E-state index contributed by atoms with van der Waals surface area (Å²) in [4.78, 5) is 2.59. The van der Waals surface area contributed by atoms with Crippen molar-refractivity contribution < 1.29 is 5.11 Å². The Kier molecular flexibility index (Phi) is 3.18. The molecule has 3 aliphatic rings. The van der Waals surface area contributed by atoms with Crippen LogP contribution < -0.4 is 5.32 Å². The Morgan fingerprint density at radius 1 is 0.938 bits per heavy atom. The fraction of sp³-hybridized carbons (Fsp3) is 1.00. The zero-order chi connectivity index (χ0) is 11.0. The van der Waals surface area contributed by atoms with Crippen molar-refractivity contribution in [2.45, 2.75) is 44.2 Å². The SMILES string of the molecule is OC1CCCCCC1N1CC2CNCC2C1. The van der Waals surface area contributed by atoms with Gasteiger partial charge in [0, 0.05) is 19.1 Å². The maximum absolute atomic E-state index is 10.2. The molecule has 2 N–H and O–H groups in total. The summed E-state index contributed by atoms with van der Waals surface area (Å²) in [6.07, 6.45) is 6.03. The lowest BCUT2D eigenvalue weighted by Crippen LogP contribution is -2.43. The Labute approximate surface area is 98.2 Å². The van der Waals surface area contributed by atoms with Crippen LogP contribution in [0.2, 0.25) is 0 Å². The molecule has 0 spiro atoms. The minimum Gasteiger partial charge on any atom is -0.391 e. The topological polar surface area (TPSA) is 35.5 Å². The van der Waals surface area contributed by atoms with Gasteiger partial charge in [-0.25, -0.2) is 0 Å². The van der Waals surface area contributed by atoms with Crippen LogP contribution in [0.25, 0.3) is 0 Å². The number of fused-ring (bicyclic) bond motifs is 1. The Morgan fingerprint density at radius 3 is 2.38 bits per heavy atom. The first-order valence-electron chi connectivity index (χ1n) is 6.97. The van der Waals surface area contributed by atoms with E-state index in [1.807, 2.05) is 0 Å². The summed E-state index contributed by atoms with van der Waals surface area (Å²) in [6, 6.07) is 0.466. The number of nitrogens with zero attached hydrogens (tertiary/aromatic N) is 1. The highest BCUT2D eigenvalue weighted by Gasteiger charge is 2.40. The second-order valence-corrected chi connectivity index (χ2v) is 5.91. The van der Waals surface area contributed by atoms with Gasteiger partial charge in [0.2, 0.25) is 0 Å². The minimum atomic E-state index is -0.0608. The second kappa shape index (κ2) is 4.63. The number of nitrogens with one attached hydrogen (secondary N) is 1. The molecule has 3 heteroatoms. The second-order valence-electron chi connectivity index (χ2n) is 5.91. The standard InChI is InChI=1S/C13H24N2O/c16-13-5-3-1-2-4-12(13)15-8-10-6-14-7-11(10)9-15/h10-14,16H,1-9H2. The highest BCUT2D eigenvalue weighted by Crippen LogP contribution is 2.32. The van der Waals surface area contributed by atoms with Crippen molar-refractivity contribution in [2.24, 2.45) is 11.8 Å². The summed E-state index contributed by atoms with van der Waals surface area (Å²) < 4.78 is 0. The lowest BCUT2D eigenvalue weighted by molar-refractivity contribution is 0.0530. The molecule has 16 heavy (non-hydrogen) atoms. The third kappa shape index (κ3) is 2.01. The van der Waals surface area contributed by atoms with E-state index in [0.29, 0.717) is 6.04 Å². The van der Waals surface area contributed by atoms with E-state index in [1.54, 1.807) is 0 Å². The minimum absolute atomic E-state index is 0.0608. The molecule has 2 heterocycles. The number of rotatable bonds is 1. The van der Waals surface area contributed by atoms with Crippen molar-refractivity contribution in [3.8, 4) is 0 Å². The van der Waals surface area contributed by atoms with Crippen molar-refractivity contribution in [1.29, 1.82) is 0 Å². The van der Waals surface area contributed by atoms with Gasteiger partial charge in [-0.05, 0) is 37.8 Å². The van der Waals surface area contributed by atoms with Gasteiger partial charge in [0.25, 0.3) is 0 Å². The van der Waals surface area contributed by atoms with Gasteiger partial charge in [0.15, 0.2) is 0 Å². The number of hydrogen-bond acceptors (Lipinski definition) is 3. The fourth-order valence-electron chi connectivity index (χ4n) is 3.86. The van der Waals surface area contributed by atoms with Crippen molar-refractivity contribution in [3.05, 3.63) is 0 Å². The molecule has 0 amide bonds. The van der Waals surface area contributed by atoms with Gasteiger partial charge in [0.1, 0.15) is 0 Å². The van der Waals surface area contributed by atoms with Gasteiger partial charge in [0.05, 0.1) is 6.10 Å². The maximum Gasteiger partial charge on any atom is 0.0695 e. The van der Waals surface area contributed by atoms with E-state index < -0.39 is 0 Å². The largest absolute Gasteiger partial charge is 0.391 e. The number of aliphatic hydroxyl groups excluding tert-OH is 1. The van der Waals surface area contributed by atoms with E-state index in [-0.39, 0.29) is 6.10 Å². The normalized spacial score (nSPS) is 45.6. The van der Waals surface area contributed by atoms with Crippen LogP contribution in [0.15, 0.2) is 0 Å². The predicted molar refractivity (Wildman–Crippen MR) is 64.3 cm³/mol. The molecule has 3 nitrogen and oxygen atoms in total.